The normalized spacial score (nSPS) is 20.2. The van der Waals surface area contributed by atoms with Crippen LogP contribution in [0.2, 0.25) is 0 Å². The SMILES string of the molecule is C[C@H]1C[C@@H](C(=O)Nc2nc(-c3c[nH]c(C(N)=O)c3)cs2)CCN1.Cl. The van der Waals surface area contributed by atoms with Gasteiger partial charge in [0.1, 0.15) is 5.69 Å². The molecule has 5 N–H and O–H groups in total. The fourth-order valence-electron chi connectivity index (χ4n) is 2.73. The van der Waals surface area contributed by atoms with Crippen LogP contribution in [0.4, 0.5) is 5.13 Å². The molecule has 0 aromatic carbocycles. The van der Waals surface area contributed by atoms with E-state index in [2.05, 4.69) is 27.5 Å². The van der Waals surface area contributed by atoms with E-state index in [9.17, 15) is 9.59 Å². The number of hydrogen-bond donors (Lipinski definition) is 4. The molecule has 0 aliphatic carbocycles. The highest BCUT2D eigenvalue weighted by Crippen LogP contribution is 2.26. The standard InChI is InChI=1S/C15H19N5O2S.ClH/c1-8-4-9(2-3-17-8)14(22)20-15-19-12(7-23-15)10-5-11(13(16)21)18-6-10;/h5-9,17-18H,2-4H2,1H3,(H2,16,21)(H,19,20,22);1H/t8-,9-;/m0./s1. The van der Waals surface area contributed by atoms with Crippen molar-refractivity contribution in [1.82, 2.24) is 15.3 Å². The maximum absolute atomic E-state index is 12.3. The lowest BCUT2D eigenvalue weighted by atomic mass is 9.92. The van der Waals surface area contributed by atoms with E-state index in [0.717, 1.165) is 24.9 Å². The summed E-state index contributed by atoms with van der Waals surface area (Å²) in [6.45, 7) is 2.95. The molecule has 0 saturated carbocycles. The van der Waals surface area contributed by atoms with Gasteiger partial charge in [-0.1, -0.05) is 0 Å². The fraction of sp³-hybridized carbons (Fsp3) is 0.400. The summed E-state index contributed by atoms with van der Waals surface area (Å²) in [6.07, 6.45) is 3.35. The van der Waals surface area contributed by atoms with Gasteiger partial charge in [-0.15, -0.1) is 23.7 Å². The number of primary amides is 1. The molecular weight excluding hydrogens is 350 g/mol. The summed E-state index contributed by atoms with van der Waals surface area (Å²) >= 11 is 1.37. The third-order valence-electron chi connectivity index (χ3n) is 3.97. The number of nitrogens with one attached hydrogen (secondary N) is 3. The van der Waals surface area contributed by atoms with Gasteiger partial charge in [0.2, 0.25) is 5.91 Å². The Morgan fingerprint density at radius 1 is 1.46 bits per heavy atom. The molecule has 7 nitrogen and oxygen atoms in total. The van der Waals surface area contributed by atoms with Gasteiger partial charge in [0, 0.05) is 29.1 Å². The summed E-state index contributed by atoms with van der Waals surface area (Å²) in [7, 11) is 0. The Hall–Kier alpha value is -1.90. The third-order valence-corrected chi connectivity index (χ3v) is 4.73. The number of nitrogens with zero attached hydrogens (tertiary/aromatic N) is 1. The molecule has 0 unspecified atom stereocenters. The van der Waals surface area contributed by atoms with Crippen LogP contribution >= 0.6 is 23.7 Å². The molecular formula is C15H20ClN5O2S. The topological polar surface area (TPSA) is 113 Å². The monoisotopic (exact) mass is 369 g/mol. The number of piperidine rings is 1. The molecule has 24 heavy (non-hydrogen) atoms. The average molecular weight is 370 g/mol. The number of nitrogens with two attached hydrogens (primary N) is 1. The number of thiazole rings is 1. The second-order valence-corrected chi connectivity index (χ2v) is 6.63. The van der Waals surface area contributed by atoms with Gasteiger partial charge in [-0.25, -0.2) is 4.98 Å². The Kier molecular flexibility index (Phi) is 5.98. The summed E-state index contributed by atoms with van der Waals surface area (Å²) in [4.78, 5) is 30.6. The van der Waals surface area contributed by atoms with E-state index in [1.54, 1.807) is 12.3 Å². The number of anilines is 1. The van der Waals surface area contributed by atoms with Crippen LogP contribution in [0.3, 0.4) is 0 Å². The first kappa shape index (κ1) is 18.4. The number of hydrogen-bond acceptors (Lipinski definition) is 5. The molecule has 2 aromatic heterocycles. The smallest absolute Gasteiger partial charge is 0.265 e. The molecule has 1 aliphatic rings. The summed E-state index contributed by atoms with van der Waals surface area (Å²) in [5.74, 6) is -0.474. The predicted molar refractivity (Wildman–Crippen MR) is 96.5 cm³/mol. The lowest BCUT2D eigenvalue weighted by molar-refractivity contribution is -0.120. The quantitative estimate of drug-likeness (QED) is 0.660. The number of rotatable bonds is 4. The predicted octanol–water partition coefficient (Wildman–Crippen LogP) is 1.99. The van der Waals surface area contributed by atoms with E-state index in [1.807, 2.05) is 5.38 Å². The van der Waals surface area contributed by atoms with Crippen LogP contribution in [0.15, 0.2) is 17.6 Å². The largest absolute Gasteiger partial charge is 0.364 e. The van der Waals surface area contributed by atoms with Gasteiger partial charge in [-0.05, 0) is 32.4 Å². The summed E-state index contributed by atoms with van der Waals surface area (Å²) in [5, 5.41) is 8.63. The van der Waals surface area contributed by atoms with E-state index < -0.39 is 5.91 Å². The summed E-state index contributed by atoms with van der Waals surface area (Å²) in [6, 6.07) is 2.01. The molecule has 3 heterocycles. The highest BCUT2D eigenvalue weighted by Gasteiger charge is 2.25. The number of amides is 2. The van der Waals surface area contributed by atoms with Crippen LogP contribution in [0.5, 0.6) is 0 Å². The lowest BCUT2D eigenvalue weighted by Gasteiger charge is -2.26. The zero-order valence-electron chi connectivity index (χ0n) is 13.2. The van der Waals surface area contributed by atoms with E-state index in [1.165, 1.54) is 11.3 Å². The van der Waals surface area contributed by atoms with Crippen LogP contribution < -0.4 is 16.4 Å². The third kappa shape index (κ3) is 4.14. The molecule has 130 valence electrons. The van der Waals surface area contributed by atoms with Gasteiger partial charge in [-0.2, -0.15) is 0 Å². The van der Waals surface area contributed by atoms with Crippen molar-refractivity contribution in [2.75, 3.05) is 11.9 Å². The molecule has 2 aromatic rings. The van der Waals surface area contributed by atoms with Crippen molar-refractivity contribution in [2.24, 2.45) is 11.7 Å². The van der Waals surface area contributed by atoms with E-state index in [-0.39, 0.29) is 24.2 Å². The molecule has 9 heteroatoms. The van der Waals surface area contributed by atoms with Crippen molar-refractivity contribution in [3.8, 4) is 11.3 Å². The lowest BCUT2D eigenvalue weighted by Crippen LogP contribution is -2.40. The van der Waals surface area contributed by atoms with Crippen molar-refractivity contribution in [3.63, 3.8) is 0 Å². The Morgan fingerprint density at radius 2 is 2.25 bits per heavy atom. The molecule has 3 rings (SSSR count). The first-order valence-electron chi connectivity index (χ1n) is 7.51. The maximum atomic E-state index is 12.3. The minimum Gasteiger partial charge on any atom is -0.364 e. The highest BCUT2D eigenvalue weighted by molar-refractivity contribution is 7.14. The molecule has 0 spiro atoms. The van der Waals surface area contributed by atoms with Crippen LogP contribution in [0, 0.1) is 5.92 Å². The number of carbonyl (C=O) groups is 2. The van der Waals surface area contributed by atoms with Gasteiger partial charge in [-0.3, -0.25) is 9.59 Å². The molecule has 2 atom stereocenters. The number of H-pyrrole nitrogens is 1. The van der Waals surface area contributed by atoms with Crippen molar-refractivity contribution in [3.05, 3.63) is 23.3 Å². The fourth-order valence-corrected chi connectivity index (χ4v) is 3.45. The number of aromatic nitrogens is 2. The van der Waals surface area contributed by atoms with E-state index in [4.69, 9.17) is 5.73 Å². The Balaban J connectivity index is 0.00000208. The Labute approximate surface area is 149 Å². The zero-order chi connectivity index (χ0) is 16.4. The Bertz CT molecular complexity index is 729. The number of halogens is 1. The van der Waals surface area contributed by atoms with E-state index >= 15 is 0 Å². The van der Waals surface area contributed by atoms with Crippen molar-refractivity contribution >= 4 is 40.7 Å². The van der Waals surface area contributed by atoms with Crippen molar-refractivity contribution in [1.29, 1.82) is 0 Å². The van der Waals surface area contributed by atoms with Crippen LogP contribution in [0.25, 0.3) is 11.3 Å². The highest BCUT2D eigenvalue weighted by atomic mass is 35.5. The molecule has 1 aliphatic heterocycles. The molecule has 1 fully saturated rings. The summed E-state index contributed by atoms with van der Waals surface area (Å²) in [5.41, 5.74) is 7.03. The minimum absolute atomic E-state index is 0. The second kappa shape index (κ2) is 7.78. The average Bonchev–Trinajstić information content (AvgIpc) is 3.15. The van der Waals surface area contributed by atoms with E-state index in [0.29, 0.717) is 22.6 Å². The van der Waals surface area contributed by atoms with Gasteiger partial charge < -0.3 is 21.4 Å². The zero-order valence-corrected chi connectivity index (χ0v) is 14.8. The summed E-state index contributed by atoms with van der Waals surface area (Å²) < 4.78 is 0. The minimum atomic E-state index is -0.514. The molecule has 1 saturated heterocycles. The molecule has 0 bridgehead atoms. The number of aromatic amines is 1. The molecule has 0 radical (unpaired) electrons. The van der Waals surface area contributed by atoms with Crippen LogP contribution in [-0.4, -0.2) is 34.4 Å². The Morgan fingerprint density at radius 3 is 2.92 bits per heavy atom. The van der Waals surface area contributed by atoms with Crippen molar-refractivity contribution in [2.45, 2.75) is 25.8 Å². The van der Waals surface area contributed by atoms with Gasteiger partial charge in [0.25, 0.3) is 5.91 Å². The van der Waals surface area contributed by atoms with Gasteiger partial charge in [0.05, 0.1) is 5.69 Å². The first-order chi connectivity index (χ1) is 11.0. The van der Waals surface area contributed by atoms with Crippen molar-refractivity contribution < 1.29 is 9.59 Å². The van der Waals surface area contributed by atoms with Gasteiger partial charge >= 0.3 is 0 Å². The first-order valence-corrected chi connectivity index (χ1v) is 8.39. The number of carbonyl (C=O) groups excluding carboxylic acids is 2. The van der Waals surface area contributed by atoms with Gasteiger partial charge in [0.15, 0.2) is 5.13 Å². The maximum Gasteiger partial charge on any atom is 0.265 e. The van der Waals surface area contributed by atoms with Crippen LogP contribution in [-0.2, 0) is 4.79 Å². The van der Waals surface area contributed by atoms with Crippen LogP contribution in [0.1, 0.15) is 30.3 Å². The molecule has 2 amide bonds. The second-order valence-electron chi connectivity index (χ2n) is 5.77.